The molecule has 0 saturated heterocycles. The topological polar surface area (TPSA) is 47.6 Å². The highest BCUT2D eigenvalue weighted by Gasteiger charge is 2.53. The summed E-state index contributed by atoms with van der Waals surface area (Å²) in [7, 11) is 0. The first-order chi connectivity index (χ1) is 13.1. The van der Waals surface area contributed by atoms with Crippen molar-refractivity contribution in [3.63, 3.8) is 0 Å². The van der Waals surface area contributed by atoms with E-state index in [4.69, 9.17) is 9.47 Å². The van der Waals surface area contributed by atoms with Crippen molar-refractivity contribution in [3.05, 3.63) is 24.3 Å². The minimum absolute atomic E-state index is 0.115. The molecule has 0 aliphatic heterocycles. The number of hydrogen-bond acceptors (Lipinski definition) is 3. The lowest BCUT2D eigenvalue weighted by Gasteiger charge is -2.59. The Morgan fingerprint density at radius 3 is 2.07 bits per heavy atom. The number of hydrogen-bond donors (Lipinski definition) is 1. The van der Waals surface area contributed by atoms with E-state index in [9.17, 15) is 4.79 Å². The second kappa shape index (κ2) is 7.73. The van der Waals surface area contributed by atoms with Gasteiger partial charge in [-0.2, -0.15) is 0 Å². The molecular weight excluding hydrogens is 338 g/mol. The van der Waals surface area contributed by atoms with Crippen molar-refractivity contribution < 1.29 is 14.3 Å². The largest absolute Gasteiger partial charge is 0.494 e. The predicted molar refractivity (Wildman–Crippen MR) is 106 cm³/mol. The molecule has 4 nitrogen and oxygen atoms in total. The molecule has 27 heavy (non-hydrogen) atoms. The standard InChI is InChI=1S/C23H33NO3/c1-3-26-20-4-6-21(7-5-20)27-9-8-22(25)24-16(2)23-13-17-10-18(14-23)12-19(11-17)15-23/h4-7,16-19H,3,8-15H2,1-2H3,(H,24,25)/t16-,17?,18?,19?,23?/m0/s1. The van der Waals surface area contributed by atoms with Crippen LogP contribution in [0.2, 0.25) is 0 Å². The molecule has 1 atom stereocenters. The molecule has 4 saturated carbocycles. The van der Waals surface area contributed by atoms with Crippen LogP contribution in [0, 0.1) is 23.2 Å². The molecule has 1 aromatic rings. The van der Waals surface area contributed by atoms with Crippen molar-refractivity contribution in [3.8, 4) is 11.5 Å². The van der Waals surface area contributed by atoms with E-state index in [1.54, 1.807) is 0 Å². The minimum atomic E-state index is 0.115. The van der Waals surface area contributed by atoms with Gasteiger partial charge in [-0.15, -0.1) is 0 Å². The van der Waals surface area contributed by atoms with E-state index >= 15 is 0 Å². The Kier molecular flexibility index (Phi) is 5.34. The van der Waals surface area contributed by atoms with Gasteiger partial charge in [0.1, 0.15) is 11.5 Å². The molecule has 0 unspecified atom stereocenters. The van der Waals surface area contributed by atoms with Crippen LogP contribution in [0.3, 0.4) is 0 Å². The van der Waals surface area contributed by atoms with E-state index < -0.39 is 0 Å². The van der Waals surface area contributed by atoms with Gasteiger partial charge in [0.05, 0.1) is 19.6 Å². The van der Waals surface area contributed by atoms with E-state index in [1.807, 2.05) is 31.2 Å². The molecular formula is C23H33NO3. The summed E-state index contributed by atoms with van der Waals surface area (Å²) >= 11 is 0. The summed E-state index contributed by atoms with van der Waals surface area (Å²) in [6.07, 6.45) is 8.70. The Morgan fingerprint density at radius 1 is 1.04 bits per heavy atom. The van der Waals surface area contributed by atoms with Gasteiger partial charge in [0.2, 0.25) is 5.91 Å². The lowest BCUT2D eigenvalue weighted by Crippen LogP contribution is -2.55. The SMILES string of the molecule is CCOc1ccc(OCCC(=O)N[C@@H](C)C23CC4CC(CC(C4)C2)C3)cc1. The van der Waals surface area contributed by atoms with E-state index in [0.717, 1.165) is 29.3 Å². The molecule has 5 rings (SSSR count). The third-order valence-corrected chi connectivity index (χ3v) is 7.11. The van der Waals surface area contributed by atoms with Crippen LogP contribution >= 0.6 is 0 Å². The average Bonchev–Trinajstić information content (AvgIpc) is 2.62. The lowest BCUT2D eigenvalue weighted by molar-refractivity contribution is -0.126. The Balaban J connectivity index is 1.23. The summed E-state index contributed by atoms with van der Waals surface area (Å²) in [5, 5.41) is 3.31. The third kappa shape index (κ3) is 4.09. The second-order valence-electron chi connectivity index (χ2n) is 9.07. The van der Waals surface area contributed by atoms with Crippen molar-refractivity contribution in [1.82, 2.24) is 5.32 Å². The fourth-order valence-corrected chi connectivity index (χ4v) is 6.24. The van der Waals surface area contributed by atoms with Gasteiger partial charge in [0, 0.05) is 6.04 Å². The monoisotopic (exact) mass is 371 g/mol. The molecule has 4 aliphatic carbocycles. The minimum Gasteiger partial charge on any atom is -0.494 e. The van der Waals surface area contributed by atoms with Gasteiger partial charge in [0.25, 0.3) is 0 Å². The second-order valence-corrected chi connectivity index (χ2v) is 9.07. The summed E-state index contributed by atoms with van der Waals surface area (Å²) in [6.45, 7) is 5.27. The van der Waals surface area contributed by atoms with Gasteiger partial charge in [-0.05, 0) is 99.8 Å². The zero-order valence-electron chi connectivity index (χ0n) is 16.7. The van der Waals surface area contributed by atoms with Gasteiger partial charge in [0.15, 0.2) is 0 Å². The lowest BCUT2D eigenvalue weighted by atomic mass is 9.48. The molecule has 0 radical (unpaired) electrons. The van der Waals surface area contributed by atoms with Crippen molar-refractivity contribution >= 4 is 5.91 Å². The Hall–Kier alpha value is -1.71. The van der Waals surface area contributed by atoms with Gasteiger partial charge in [-0.1, -0.05) is 0 Å². The van der Waals surface area contributed by atoms with Crippen LogP contribution in [-0.2, 0) is 4.79 Å². The normalized spacial score (nSPS) is 32.1. The van der Waals surface area contributed by atoms with Crippen LogP contribution in [-0.4, -0.2) is 25.2 Å². The molecule has 1 aromatic carbocycles. The van der Waals surface area contributed by atoms with E-state index in [0.29, 0.717) is 25.0 Å². The number of carbonyl (C=O) groups excluding carboxylic acids is 1. The van der Waals surface area contributed by atoms with Crippen LogP contribution in [0.1, 0.15) is 58.8 Å². The molecule has 0 aromatic heterocycles. The molecule has 0 spiro atoms. The fraction of sp³-hybridized carbons (Fsp3) is 0.696. The Bertz CT molecular complexity index is 619. The van der Waals surface area contributed by atoms with Gasteiger partial charge >= 0.3 is 0 Å². The quantitative estimate of drug-likeness (QED) is 0.728. The van der Waals surface area contributed by atoms with E-state index in [1.165, 1.54) is 38.5 Å². The maximum absolute atomic E-state index is 12.5. The van der Waals surface area contributed by atoms with Crippen LogP contribution < -0.4 is 14.8 Å². The van der Waals surface area contributed by atoms with Crippen molar-refractivity contribution in [2.45, 2.75) is 64.8 Å². The van der Waals surface area contributed by atoms with Crippen molar-refractivity contribution in [2.75, 3.05) is 13.2 Å². The first kappa shape index (κ1) is 18.6. The van der Waals surface area contributed by atoms with Crippen LogP contribution in [0.15, 0.2) is 24.3 Å². The van der Waals surface area contributed by atoms with Crippen LogP contribution in [0.4, 0.5) is 0 Å². The summed E-state index contributed by atoms with van der Waals surface area (Å²) in [6, 6.07) is 7.85. The molecule has 0 heterocycles. The Morgan fingerprint density at radius 2 is 1.56 bits per heavy atom. The molecule has 4 bridgehead atoms. The van der Waals surface area contributed by atoms with Crippen LogP contribution in [0.25, 0.3) is 0 Å². The fourth-order valence-electron chi connectivity index (χ4n) is 6.24. The van der Waals surface area contributed by atoms with Gasteiger partial charge in [-0.25, -0.2) is 0 Å². The molecule has 4 fully saturated rings. The number of amides is 1. The Labute approximate surface area is 163 Å². The maximum Gasteiger partial charge on any atom is 0.223 e. The first-order valence-electron chi connectivity index (χ1n) is 10.7. The van der Waals surface area contributed by atoms with Gasteiger partial charge in [-0.3, -0.25) is 4.79 Å². The zero-order valence-corrected chi connectivity index (χ0v) is 16.7. The molecule has 4 heteroatoms. The maximum atomic E-state index is 12.5. The summed E-state index contributed by atoms with van der Waals surface area (Å²) in [5.74, 6) is 4.48. The number of benzene rings is 1. The molecule has 148 valence electrons. The number of carbonyl (C=O) groups is 1. The van der Waals surface area contributed by atoms with Crippen molar-refractivity contribution in [1.29, 1.82) is 0 Å². The highest BCUT2D eigenvalue weighted by Crippen LogP contribution is 2.61. The number of nitrogens with one attached hydrogen (secondary N) is 1. The summed E-state index contributed by atoms with van der Waals surface area (Å²) in [4.78, 5) is 12.5. The third-order valence-electron chi connectivity index (χ3n) is 7.11. The smallest absolute Gasteiger partial charge is 0.223 e. The summed E-state index contributed by atoms with van der Waals surface area (Å²) < 4.78 is 11.2. The highest BCUT2D eigenvalue weighted by atomic mass is 16.5. The van der Waals surface area contributed by atoms with Crippen LogP contribution in [0.5, 0.6) is 11.5 Å². The number of ether oxygens (including phenoxy) is 2. The summed E-state index contributed by atoms with van der Waals surface area (Å²) in [5.41, 5.74) is 0.361. The molecule has 4 aliphatic rings. The highest BCUT2D eigenvalue weighted by molar-refractivity contribution is 5.76. The van der Waals surface area contributed by atoms with E-state index in [-0.39, 0.29) is 11.9 Å². The van der Waals surface area contributed by atoms with Crippen molar-refractivity contribution in [2.24, 2.45) is 23.2 Å². The number of rotatable bonds is 8. The first-order valence-corrected chi connectivity index (χ1v) is 10.7. The average molecular weight is 372 g/mol. The van der Waals surface area contributed by atoms with E-state index in [2.05, 4.69) is 12.2 Å². The van der Waals surface area contributed by atoms with Gasteiger partial charge < -0.3 is 14.8 Å². The molecule has 1 amide bonds. The molecule has 1 N–H and O–H groups in total. The predicted octanol–water partition coefficient (Wildman–Crippen LogP) is 4.58. The zero-order chi connectivity index (χ0) is 18.9.